The molecule has 0 fully saturated rings. The van der Waals surface area contributed by atoms with Gasteiger partial charge in [0.2, 0.25) is 0 Å². The molecule has 92 valence electrons. The van der Waals surface area contributed by atoms with E-state index in [4.69, 9.17) is 0 Å². The molecule has 1 N–H and O–H groups in total. The predicted molar refractivity (Wildman–Crippen MR) is 68.5 cm³/mol. The monoisotopic (exact) mass is 300 g/mol. The van der Waals surface area contributed by atoms with E-state index in [9.17, 15) is 9.59 Å². The Hall–Kier alpha value is -1.37. The van der Waals surface area contributed by atoms with Crippen molar-refractivity contribution in [3.05, 3.63) is 26.7 Å². The Bertz CT molecular complexity index is 667. The van der Waals surface area contributed by atoms with Crippen LogP contribution >= 0.6 is 15.9 Å². The summed E-state index contributed by atoms with van der Waals surface area (Å²) < 4.78 is 3.21. The van der Waals surface area contributed by atoms with Gasteiger partial charge < -0.3 is 4.57 Å². The van der Waals surface area contributed by atoms with E-state index in [1.165, 1.54) is 4.57 Å². The lowest BCUT2D eigenvalue weighted by Crippen LogP contribution is -2.30. The topological polar surface area (TPSA) is 72.7 Å². The second-order valence-electron chi connectivity index (χ2n) is 3.80. The average Bonchev–Trinajstić information content (AvgIpc) is 2.62. The van der Waals surface area contributed by atoms with Crippen molar-refractivity contribution in [3.63, 3.8) is 0 Å². The lowest BCUT2D eigenvalue weighted by molar-refractivity contribution is 0.652. The zero-order valence-corrected chi connectivity index (χ0v) is 11.2. The van der Waals surface area contributed by atoms with Crippen molar-refractivity contribution in [2.45, 2.75) is 25.2 Å². The van der Waals surface area contributed by atoms with Crippen LogP contribution in [-0.4, -0.2) is 19.1 Å². The van der Waals surface area contributed by atoms with Gasteiger partial charge in [0.1, 0.15) is 5.82 Å². The molecule has 0 amide bonds. The summed E-state index contributed by atoms with van der Waals surface area (Å²) in [6.45, 7) is 2.52. The zero-order chi connectivity index (χ0) is 12.6. The van der Waals surface area contributed by atoms with Gasteiger partial charge in [-0.15, -0.1) is 0 Å². The van der Waals surface area contributed by atoms with Crippen LogP contribution in [-0.2, 0) is 18.9 Å². The van der Waals surface area contributed by atoms with E-state index in [0.29, 0.717) is 23.0 Å². The van der Waals surface area contributed by atoms with Crippen molar-refractivity contribution in [2.24, 2.45) is 7.05 Å². The van der Waals surface area contributed by atoms with Crippen molar-refractivity contribution < 1.29 is 0 Å². The molecule has 0 aliphatic rings. The quantitative estimate of drug-likeness (QED) is 0.849. The van der Waals surface area contributed by atoms with Crippen molar-refractivity contribution in [1.82, 2.24) is 19.1 Å². The minimum absolute atomic E-state index is 0.389. The molecule has 0 unspecified atom stereocenters. The Labute approximate surface area is 105 Å². The number of alkyl halides is 1. The smallest absolute Gasteiger partial charge is 0.325 e. The first kappa shape index (κ1) is 12.1. The predicted octanol–water partition coefficient (Wildman–Crippen LogP) is 0.728. The summed E-state index contributed by atoms with van der Waals surface area (Å²) in [5, 5.41) is 0.540. The number of hydrogen-bond donors (Lipinski definition) is 1. The number of halogens is 1. The zero-order valence-electron chi connectivity index (χ0n) is 9.66. The van der Waals surface area contributed by atoms with Gasteiger partial charge in [0.05, 0.1) is 5.33 Å². The van der Waals surface area contributed by atoms with Crippen LogP contribution in [0.2, 0.25) is 0 Å². The maximum Gasteiger partial charge on any atom is 0.330 e. The molecule has 0 saturated carbocycles. The van der Waals surface area contributed by atoms with Crippen LogP contribution in [0.15, 0.2) is 9.59 Å². The molecule has 2 rings (SSSR count). The summed E-state index contributed by atoms with van der Waals surface area (Å²) in [6.07, 6.45) is 0.807. The third-order valence-corrected chi connectivity index (χ3v) is 3.17. The Morgan fingerprint density at radius 3 is 2.71 bits per heavy atom. The van der Waals surface area contributed by atoms with Crippen LogP contribution in [0.4, 0.5) is 0 Å². The Morgan fingerprint density at radius 2 is 2.12 bits per heavy atom. The van der Waals surface area contributed by atoms with Crippen LogP contribution in [0.1, 0.15) is 19.2 Å². The molecule has 6 nitrogen and oxygen atoms in total. The summed E-state index contributed by atoms with van der Waals surface area (Å²) in [5.41, 5.74) is 0.105. The fourth-order valence-electron chi connectivity index (χ4n) is 1.84. The highest BCUT2D eigenvalue weighted by Crippen LogP contribution is 2.11. The Balaban J connectivity index is 2.92. The van der Waals surface area contributed by atoms with Gasteiger partial charge in [0.15, 0.2) is 11.2 Å². The molecule has 2 aromatic heterocycles. The van der Waals surface area contributed by atoms with Gasteiger partial charge in [-0.25, -0.2) is 9.78 Å². The van der Waals surface area contributed by atoms with Gasteiger partial charge in [-0.3, -0.25) is 14.3 Å². The van der Waals surface area contributed by atoms with Crippen LogP contribution < -0.4 is 11.2 Å². The number of imidazole rings is 1. The highest BCUT2D eigenvalue weighted by molar-refractivity contribution is 9.08. The molecule has 2 heterocycles. The van der Waals surface area contributed by atoms with E-state index >= 15 is 0 Å². The van der Waals surface area contributed by atoms with E-state index in [2.05, 4.69) is 25.9 Å². The molecule has 0 spiro atoms. The second kappa shape index (κ2) is 4.48. The molecule has 0 saturated heterocycles. The van der Waals surface area contributed by atoms with E-state index < -0.39 is 5.69 Å². The molecule has 0 atom stereocenters. The SMILES string of the molecule is CCCn1c(=O)[nH]c(=O)c2c1nc(CBr)n2C. The third kappa shape index (κ3) is 1.84. The maximum atomic E-state index is 11.8. The fourth-order valence-corrected chi connectivity index (χ4v) is 2.34. The van der Waals surface area contributed by atoms with Crippen molar-refractivity contribution in [3.8, 4) is 0 Å². The molecular weight excluding hydrogens is 288 g/mol. The molecule has 0 aliphatic heterocycles. The number of H-pyrrole nitrogens is 1. The maximum absolute atomic E-state index is 11.8. The molecule has 0 aliphatic carbocycles. The van der Waals surface area contributed by atoms with Gasteiger partial charge in [-0.05, 0) is 6.42 Å². The van der Waals surface area contributed by atoms with Gasteiger partial charge in [-0.1, -0.05) is 22.9 Å². The first-order chi connectivity index (χ1) is 8.10. The van der Waals surface area contributed by atoms with Crippen LogP contribution in [0.5, 0.6) is 0 Å². The first-order valence-corrected chi connectivity index (χ1v) is 6.46. The molecular formula is C10H13BrN4O2. The number of aromatic nitrogens is 4. The minimum Gasteiger partial charge on any atom is -0.325 e. The number of hydrogen-bond acceptors (Lipinski definition) is 3. The number of fused-ring (bicyclic) bond motifs is 1. The third-order valence-electron chi connectivity index (χ3n) is 2.67. The summed E-state index contributed by atoms with van der Waals surface area (Å²) in [4.78, 5) is 30.1. The lowest BCUT2D eigenvalue weighted by Gasteiger charge is -2.03. The van der Waals surface area contributed by atoms with E-state index in [1.807, 2.05) is 6.92 Å². The van der Waals surface area contributed by atoms with Gasteiger partial charge in [-0.2, -0.15) is 0 Å². The van der Waals surface area contributed by atoms with Crippen molar-refractivity contribution in [1.29, 1.82) is 0 Å². The highest BCUT2D eigenvalue weighted by atomic mass is 79.9. The first-order valence-electron chi connectivity index (χ1n) is 5.34. The molecule has 17 heavy (non-hydrogen) atoms. The van der Waals surface area contributed by atoms with Crippen molar-refractivity contribution in [2.75, 3.05) is 0 Å². The number of aromatic amines is 1. The standard InChI is InChI=1S/C10H13BrN4O2/c1-3-4-15-8-7(9(16)13-10(15)17)14(2)6(5-11)12-8/h3-5H2,1-2H3,(H,13,16,17). The number of aryl methyl sites for hydroxylation is 2. The highest BCUT2D eigenvalue weighted by Gasteiger charge is 2.14. The second-order valence-corrected chi connectivity index (χ2v) is 4.36. The summed E-state index contributed by atoms with van der Waals surface area (Å²) >= 11 is 3.31. The van der Waals surface area contributed by atoms with Crippen molar-refractivity contribution >= 4 is 27.1 Å². The Kier molecular flexibility index (Phi) is 3.19. The number of rotatable bonds is 3. The lowest BCUT2D eigenvalue weighted by atomic mass is 10.4. The fraction of sp³-hybridized carbons (Fsp3) is 0.500. The van der Waals surface area contributed by atoms with E-state index in [-0.39, 0.29) is 5.56 Å². The van der Waals surface area contributed by atoms with Crippen LogP contribution in [0.25, 0.3) is 11.2 Å². The minimum atomic E-state index is -0.399. The van der Waals surface area contributed by atoms with Crippen LogP contribution in [0.3, 0.4) is 0 Å². The summed E-state index contributed by atoms with van der Waals surface area (Å²) in [5.74, 6) is 0.723. The summed E-state index contributed by atoms with van der Waals surface area (Å²) in [6, 6.07) is 0. The largest absolute Gasteiger partial charge is 0.330 e. The van der Waals surface area contributed by atoms with Gasteiger partial charge in [0.25, 0.3) is 5.56 Å². The molecule has 0 aromatic carbocycles. The van der Waals surface area contributed by atoms with E-state index in [0.717, 1.165) is 12.2 Å². The van der Waals surface area contributed by atoms with Crippen LogP contribution in [0, 0.1) is 0 Å². The molecule has 2 aromatic rings. The molecule has 0 radical (unpaired) electrons. The Morgan fingerprint density at radius 1 is 1.41 bits per heavy atom. The normalized spacial score (nSPS) is 11.2. The molecule has 0 bridgehead atoms. The van der Waals surface area contributed by atoms with Gasteiger partial charge >= 0.3 is 5.69 Å². The number of nitrogens with one attached hydrogen (secondary N) is 1. The van der Waals surface area contributed by atoms with Gasteiger partial charge in [0, 0.05) is 13.6 Å². The summed E-state index contributed by atoms with van der Waals surface area (Å²) in [7, 11) is 1.77. The number of nitrogens with zero attached hydrogens (tertiary/aromatic N) is 3. The average molecular weight is 301 g/mol. The molecule has 7 heteroatoms. The van der Waals surface area contributed by atoms with E-state index in [1.54, 1.807) is 11.6 Å².